The van der Waals surface area contributed by atoms with Gasteiger partial charge in [-0.1, -0.05) is 11.6 Å². The first-order valence-electron chi connectivity index (χ1n) is 6.58. The summed E-state index contributed by atoms with van der Waals surface area (Å²) >= 11 is 0. The molecule has 0 atom stereocenters. The van der Waals surface area contributed by atoms with Crippen molar-refractivity contribution in [1.29, 1.82) is 0 Å². The Morgan fingerprint density at radius 1 is 1.25 bits per heavy atom. The van der Waals surface area contributed by atoms with Gasteiger partial charge in [0.2, 0.25) is 5.91 Å². The van der Waals surface area contributed by atoms with E-state index in [0.717, 1.165) is 5.56 Å². The molecule has 5 heteroatoms. The van der Waals surface area contributed by atoms with Crippen molar-refractivity contribution in [3.63, 3.8) is 0 Å². The molecule has 0 unspecified atom stereocenters. The Morgan fingerprint density at radius 3 is 2.45 bits per heavy atom. The predicted octanol–water partition coefficient (Wildman–Crippen LogP) is 2.41. The molecule has 0 heterocycles. The molecule has 5 nitrogen and oxygen atoms in total. The molecule has 20 heavy (non-hydrogen) atoms. The second-order valence-corrected chi connectivity index (χ2v) is 5.83. The quantitative estimate of drug-likeness (QED) is 0.773. The minimum Gasteiger partial charge on any atom is -0.478 e. The molecule has 0 saturated heterocycles. The Hall–Kier alpha value is -1.88. The summed E-state index contributed by atoms with van der Waals surface area (Å²) in [5.41, 5.74) is 1.25. The van der Waals surface area contributed by atoms with E-state index in [1.807, 2.05) is 27.7 Å². The van der Waals surface area contributed by atoms with Crippen LogP contribution in [0.4, 0.5) is 5.69 Å². The Labute approximate surface area is 119 Å². The number of rotatable bonds is 5. The number of carboxylic acid groups (broad SMARTS) is 1. The van der Waals surface area contributed by atoms with Crippen LogP contribution >= 0.6 is 0 Å². The summed E-state index contributed by atoms with van der Waals surface area (Å²) in [4.78, 5) is 23.0. The van der Waals surface area contributed by atoms with Crippen LogP contribution in [0.5, 0.6) is 0 Å². The van der Waals surface area contributed by atoms with Gasteiger partial charge in [-0.15, -0.1) is 0 Å². The number of hydrogen-bond donors (Lipinski definition) is 3. The summed E-state index contributed by atoms with van der Waals surface area (Å²) in [6.45, 7) is 8.42. The SMILES string of the molecule is Cc1ccc(NC(=O)CCNC(C)(C)C)c(C(=O)O)c1. The monoisotopic (exact) mass is 278 g/mol. The number of carbonyl (C=O) groups is 2. The molecule has 1 amide bonds. The largest absolute Gasteiger partial charge is 0.478 e. The van der Waals surface area contributed by atoms with Crippen LogP contribution in [0.2, 0.25) is 0 Å². The van der Waals surface area contributed by atoms with Crippen molar-refractivity contribution in [3.8, 4) is 0 Å². The number of hydrogen-bond acceptors (Lipinski definition) is 3. The molecule has 0 bridgehead atoms. The molecule has 0 aliphatic heterocycles. The van der Waals surface area contributed by atoms with Crippen LogP contribution in [0.3, 0.4) is 0 Å². The summed E-state index contributed by atoms with van der Waals surface area (Å²) in [6, 6.07) is 4.94. The van der Waals surface area contributed by atoms with Gasteiger partial charge in [-0.3, -0.25) is 4.79 Å². The predicted molar refractivity (Wildman–Crippen MR) is 79.1 cm³/mol. The Kier molecular flexibility index (Phi) is 5.27. The Morgan fingerprint density at radius 2 is 1.90 bits per heavy atom. The molecule has 0 radical (unpaired) electrons. The molecule has 110 valence electrons. The number of aromatic carboxylic acids is 1. The fraction of sp³-hybridized carbons (Fsp3) is 0.467. The minimum atomic E-state index is -1.04. The van der Waals surface area contributed by atoms with Gasteiger partial charge in [0, 0.05) is 18.5 Å². The van der Waals surface area contributed by atoms with E-state index in [0.29, 0.717) is 18.7 Å². The Balaban J connectivity index is 2.64. The van der Waals surface area contributed by atoms with Gasteiger partial charge in [0.15, 0.2) is 0 Å². The molecular formula is C15H22N2O3. The summed E-state index contributed by atoms with van der Waals surface area (Å²) in [5.74, 6) is -1.25. The highest BCUT2D eigenvalue weighted by Gasteiger charge is 2.13. The summed E-state index contributed by atoms with van der Waals surface area (Å²) in [5, 5.41) is 15.0. The van der Waals surface area contributed by atoms with Crippen LogP contribution in [0, 0.1) is 6.92 Å². The van der Waals surface area contributed by atoms with Crippen molar-refractivity contribution in [1.82, 2.24) is 5.32 Å². The van der Waals surface area contributed by atoms with E-state index >= 15 is 0 Å². The van der Waals surface area contributed by atoms with Gasteiger partial charge in [-0.25, -0.2) is 4.79 Å². The molecular weight excluding hydrogens is 256 g/mol. The highest BCUT2D eigenvalue weighted by atomic mass is 16.4. The number of carboxylic acids is 1. The fourth-order valence-electron chi connectivity index (χ4n) is 1.71. The molecule has 3 N–H and O–H groups in total. The number of benzene rings is 1. The van der Waals surface area contributed by atoms with E-state index in [2.05, 4.69) is 10.6 Å². The van der Waals surface area contributed by atoms with Crippen LogP contribution in [-0.4, -0.2) is 29.1 Å². The number of nitrogens with one attached hydrogen (secondary N) is 2. The molecule has 0 aromatic heterocycles. The minimum absolute atomic E-state index is 0.0453. The van der Waals surface area contributed by atoms with Crippen LogP contribution in [0.1, 0.15) is 43.1 Å². The van der Waals surface area contributed by atoms with Crippen molar-refractivity contribution in [2.45, 2.75) is 39.7 Å². The molecule has 0 aliphatic rings. The maximum absolute atomic E-state index is 11.8. The van der Waals surface area contributed by atoms with Crippen molar-refractivity contribution in [2.75, 3.05) is 11.9 Å². The van der Waals surface area contributed by atoms with Gasteiger partial charge in [-0.05, 0) is 39.8 Å². The molecule has 1 aromatic carbocycles. The first kappa shape index (κ1) is 16.2. The van der Waals surface area contributed by atoms with Gasteiger partial charge < -0.3 is 15.7 Å². The molecule has 1 rings (SSSR count). The summed E-state index contributed by atoms with van der Waals surface area (Å²) in [6.07, 6.45) is 0.296. The van der Waals surface area contributed by atoms with Crippen LogP contribution < -0.4 is 10.6 Å². The lowest BCUT2D eigenvalue weighted by Crippen LogP contribution is -2.37. The zero-order chi connectivity index (χ0) is 15.3. The van der Waals surface area contributed by atoms with E-state index in [1.165, 1.54) is 0 Å². The maximum Gasteiger partial charge on any atom is 0.337 e. The maximum atomic E-state index is 11.8. The lowest BCUT2D eigenvalue weighted by atomic mass is 10.1. The third-order valence-corrected chi connectivity index (χ3v) is 2.69. The number of anilines is 1. The van der Waals surface area contributed by atoms with Gasteiger partial charge >= 0.3 is 5.97 Å². The topological polar surface area (TPSA) is 78.4 Å². The molecule has 0 saturated carbocycles. The van der Waals surface area contributed by atoms with E-state index in [4.69, 9.17) is 5.11 Å². The average molecular weight is 278 g/mol. The Bertz CT molecular complexity index is 504. The highest BCUT2D eigenvalue weighted by Crippen LogP contribution is 2.17. The first-order chi connectivity index (χ1) is 9.19. The average Bonchev–Trinajstić information content (AvgIpc) is 2.29. The third kappa shape index (κ3) is 5.40. The van der Waals surface area contributed by atoms with Crippen molar-refractivity contribution in [3.05, 3.63) is 29.3 Å². The van der Waals surface area contributed by atoms with E-state index in [9.17, 15) is 9.59 Å². The zero-order valence-corrected chi connectivity index (χ0v) is 12.4. The number of carbonyl (C=O) groups excluding carboxylic acids is 1. The number of amides is 1. The van der Waals surface area contributed by atoms with Crippen molar-refractivity contribution >= 4 is 17.6 Å². The molecule has 0 spiro atoms. The van der Waals surface area contributed by atoms with E-state index in [-0.39, 0.29) is 17.0 Å². The number of aryl methyl sites for hydroxylation is 1. The van der Waals surface area contributed by atoms with E-state index in [1.54, 1.807) is 18.2 Å². The van der Waals surface area contributed by atoms with Crippen LogP contribution in [0.25, 0.3) is 0 Å². The zero-order valence-electron chi connectivity index (χ0n) is 12.4. The second-order valence-electron chi connectivity index (χ2n) is 5.83. The fourth-order valence-corrected chi connectivity index (χ4v) is 1.71. The van der Waals surface area contributed by atoms with Crippen molar-refractivity contribution in [2.24, 2.45) is 0 Å². The van der Waals surface area contributed by atoms with E-state index < -0.39 is 5.97 Å². The third-order valence-electron chi connectivity index (χ3n) is 2.69. The van der Waals surface area contributed by atoms with Crippen LogP contribution in [0.15, 0.2) is 18.2 Å². The molecule has 0 fully saturated rings. The summed E-state index contributed by atoms with van der Waals surface area (Å²) in [7, 11) is 0. The van der Waals surface area contributed by atoms with Gasteiger partial charge in [0.05, 0.1) is 11.3 Å². The first-order valence-corrected chi connectivity index (χ1v) is 6.58. The standard InChI is InChI=1S/C15H22N2O3/c1-10-5-6-12(11(9-10)14(19)20)17-13(18)7-8-16-15(2,3)4/h5-6,9,16H,7-8H2,1-4H3,(H,17,18)(H,19,20). The van der Waals surface area contributed by atoms with Gasteiger partial charge in [0.1, 0.15) is 0 Å². The van der Waals surface area contributed by atoms with Gasteiger partial charge in [0.25, 0.3) is 0 Å². The molecule has 0 aliphatic carbocycles. The second kappa shape index (κ2) is 6.52. The van der Waals surface area contributed by atoms with Gasteiger partial charge in [-0.2, -0.15) is 0 Å². The smallest absolute Gasteiger partial charge is 0.337 e. The van der Waals surface area contributed by atoms with Crippen molar-refractivity contribution < 1.29 is 14.7 Å². The highest BCUT2D eigenvalue weighted by molar-refractivity contribution is 6.00. The summed E-state index contributed by atoms with van der Waals surface area (Å²) < 4.78 is 0. The lowest BCUT2D eigenvalue weighted by Gasteiger charge is -2.20. The van der Waals surface area contributed by atoms with Crippen LogP contribution in [-0.2, 0) is 4.79 Å². The lowest BCUT2D eigenvalue weighted by molar-refractivity contribution is -0.116. The molecule has 1 aromatic rings. The normalized spacial score (nSPS) is 11.2.